The molecule has 2 atom stereocenters. The standard InChI is InChI=1S/C22H24Cl2N4O2S/c1-4-28-21(15(3)30-19-11-10-17(23)12-18(19)24)26-27-22(28)31-13-20(29)25-14(2)16-8-6-5-7-9-16/h5-12,14-15H,4,13H2,1-3H3,(H,25,29). The molecular weight excluding hydrogens is 455 g/mol. The molecule has 1 heterocycles. The highest BCUT2D eigenvalue weighted by Gasteiger charge is 2.20. The van der Waals surface area contributed by atoms with E-state index < -0.39 is 0 Å². The van der Waals surface area contributed by atoms with E-state index in [9.17, 15) is 4.79 Å². The molecule has 9 heteroatoms. The lowest BCUT2D eigenvalue weighted by molar-refractivity contribution is -0.119. The third kappa shape index (κ3) is 6.15. The van der Waals surface area contributed by atoms with Gasteiger partial charge in [0.15, 0.2) is 17.1 Å². The normalized spacial score (nSPS) is 12.9. The van der Waals surface area contributed by atoms with Crippen LogP contribution in [0.3, 0.4) is 0 Å². The van der Waals surface area contributed by atoms with E-state index in [4.69, 9.17) is 27.9 Å². The van der Waals surface area contributed by atoms with Crippen molar-refractivity contribution in [2.45, 2.75) is 44.6 Å². The molecule has 0 bridgehead atoms. The van der Waals surface area contributed by atoms with E-state index in [-0.39, 0.29) is 23.8 Å². The van der Waals surface area contributed by atoms with Gasteiger partial charge in [-0.3, -0.25) is 4.79 Å². The molecule has 3 rings (SSSR count). The zero-order chi connectivity index (χ0) is 22.4. The van der Waals surface area contributed by atoms with Crippen molar-refractivity contribution in [3.63, 3.8) is 0 Å². The van der Waals surface area contributed by atoms with Crippen LogP contribution in [0, 0.1) is 0 Å². The second kappa shape index (κ2) is 10.9. The van der Waals surface area contributed by atoms with E-state index in [1.165, 1.54) is 11.8 Å². The number of hydrogen-bond donors (Lipinski definition) is 1. The van der Waals surface area contributed by atoms with Crippen molar-refractivity contribution in [1.82, 2.24) is 20.1 Å². The Balaban J connectivity index is 1.62. The van der Waals surface area contributed by atoms with Crippen LogP contribution < -0.4 is 10.1 Å². The minimum absolute atomic E-state index is 0.0635. The first kappa shape index (κ1) is 23.4. The lowest BCUT2D eigenvalue weighted by atomic mass is 10.1. The molecule has 6 nitrogen and oxygen atoms in total. The monoisotopic (exact) mass is 478 g/mol. The molecule has 0 fully saturated rings. The second-order valence-electron chi connectivity index (χ2n) is 6.91. The third-order valence-electron chi connectivity index (χ3n) is 4.63. The molecule has 164 valence electrons. The number of nitrogens with zero attached hydrogens (tertiary/aromatic N) is 3. The molecule has 3 aromatic rings. The van der Waals surface area contributed by atoms with Gasteiger partial charge in [0.25, 0.3) is 0 Å². The zero-order valence-electron chi connectivity index (χ0n) is 17.5. The predicted octanol–water partition coefficient (Wildman–Crippen LogP) is 5.71. The van der Waals surface area contributed by atoms with Crippen LogP contribution in [0.1, 0.15) is 44.3 Å². The predicted molar refractivity (Wildman–Crippen MR) is 125 cm³/mol. The largest absolute Gasteiger partial charge is 0.481 e. The van der Waals surface area contributed by atoms with Crippen molar-refractivity contribution >= 4 is 40.9 Å². The Kier molecular flexibility index (Phi) is 8.23. The van der Waals surface area contributed by atoms with Crippen LogP contribution in [-0.4, -0.2) is 26.4 Å². The van der Waals surface area contributed by atoms with Gasteiger partial charge in [0, 0.05) is 11.6 Å². The molecule has 2 aromatic carbocycles. The fourth-order valence-corrected chi connectivity index (χ4v) is 4.33. The molecule has 0 aliphatic heterocycles. The summed E-state index contributed by atoms with van der Waals surface area (Å²) in [6, 6.07) is 14.9. The van der Waals surface area contributed by atoms with Crippen molar-refractivity contribution in [3.8, 4) is 5.75 Å². The second-order valence-corrected chi connectivity index (χ2v) is 8.69. The summed E-state index contributed by atoms with van der Waals surface area (Å²) >= 11 is 13.5. The van der Waals surface area contributed by atoms with Gasteiger partial charge in [-0.15, -0.1) is 10.2 Å². The molecule has 1 amide bonds. The number of thioether (sulfide) groups is 1. The van der Waals surface area contributed by atoms with Gasteiger partial charge in [-0.2, -0.15) is 0 Å². The number of ether oxygens (including phenoxy) is 1. The van der Waals surface area contributed by atoms with Crippen molar-refractivity contribution in [2.75, 3.05) is 5.75 Å². The Labute approximate surface area is 196 Å². The summed E-state index contributed by atoms with van der Waals surface area (Å²) in [5.41, 5.74) is 1.06. The molecule has 2 unspecified atom stereocenters. The van der Waals surface area contributed by atoms with Crippen LogP contribution >= 0.6 is 35.0 Å². The molecule has 1 N–H and O–H groups in total. The van der Waals surface area contributed by atoms with Crippen LogP contribution in [0.25, 0.3) is 0 Å². The van der Waals surface area contributed by atoms with E-state index >= 15 is 0 Å². The topological polar surface area (TPSA) is 69.0 Å². The Morgan fingerprint density at radius 3 is 2.58 bits per heavy atom. The molecule has 0 saturated carbocycles. The van der Waals surface area contributed by atoms with Gasteiger partial charge in [-0.1, -0.05) is 65.3 Å². The first-order valence-electron chi connectivity index (χ1n) is 9.91. The molecule has 0 aliphatic carbocycles. The highest BCUT2D eigenvalue weighted by atomic mass is 35.5. The summed E-state index contributed by atoms with van der Waals surface area (Å²) in [6.45, 7) is 6.49. The van der Waals surface area contributed by atoms with Crippen LogP contribution in [0.15, 0.2) is 53.7 Å². The molecule has 31 heavy (non-hydrogen) atoms. The number of hydrogen-bond acceptors (Lipinski definition) is 5. The van der Waals surface area contributed by atoms with Crippen molar-refractivity contribution < 1.29 is 9.53 Å². The number of rotatable bonds is 9. The Morgan fingerprint density at radius 1 is 1.16 bits per heavy atom. The van der Waals surface area contributed by atoms with Crippen LogP contribution in [0.2, 0.25) is 10.0 Å². The smallest absolute Gasteiger partial charge is 0.230 e. The molecule has 1 aromatic heterocycles. The minimum Gasteiger partial charge on any atom is -0.481 e. The SMILES string of the molecule is CCn1c(SCC(=O)NC(C)c2ccccc2)nnc1C(C)Oc1ccc(Cl)cc1Cl. The minimum atomic E-state index is -0.382. The zero-order valence-corrected chi connectivity index (χ0v) is 19.8. The maximum Gasteiger partial charge on any atom is 0.230 e. The quantitative estimate of drug-likeness (QED) is 0.398. The van der Waals surface area contributed by atoms with Gasteiger partial charge in [0.2, 0.25) is 5.91 Å². The summed E-state index contributed by atoms with van der Waals surface area (Å²) in [6.07, 6.45) is -0.382. The molecule has 0 radical (unpaired) electrons. The van der Waals surface area contributed by atoms with E-state index in [1.807, 2.05) is 55.7 Å². The summed E-state index contributed by atoms with van der Waals surface area (Å²) < 4.78 is 7.90. The van der Waals surface area contributed by atoms with Gasteiger partial charge in [0.05, 0.1) is 16.8 Å². The lowest BCUT2D eigenvalue weighted by Crippen LogP contribution is -2.28. The fourth-order valence-electron chi connectivity index (χ4n) is 3.06. The summed E-state index contributed by atoms with van der Waals surface area (Å²) in [5.74, 6) is 1.36. The molecule has 0 aliphatic rings. The third-order valence-corrected chi connectivity index (χ3v) is 6.13. The fraction of sp³-hybridized carbons (Fsp3) is 0.318. The number of amides is 1. The van der Waals surface area contributed by atoms with Gasteiger partial charge < -0.3 is 14.6 Å². The van der Waals surface area contributed by atoms with Gasteiger partial charge in [0.1, 0.15) is 5.75 Å². The van der Waals surface area contributed by atoms with Gasteiger partial charge >= 0.3 is 0 Å². The number of carbonyl (C=O) groups excluding carboxylic acids is 1. The number of carbonyl (C=O) groups is 1. The first-order valence-corrected chi connectivity index (χ1v) is 11.6. The first-order chi connectivity index (χ1) is 14.9. The van der Waals surface area contributed by atoms with E-state index in [2.05, 4.69) is 15.5 Å². The van der Waals surface area contributed by atoms with Gasteiger partial charge in [-0.05, 0) is 44.5 Å². The van der Waals surface area contributed by atoms with E-state index in [1.54, 1.807) is 18.2 Å². The maximum absolute atomic E-state index is 12.4. The van der Waals surface area contributed by atoms with Crippen molar-refractivity contribution in [3.05, 3.63) is 70.0 Å². The summed E-state index contributed by atoms with van der Waals surface area (Å²) in [5, 5.41) is 13.2. The van der Waals surface area contributed by atoms with Crippen molar-refractivity contribution in [2.24, 2.45) is 0 Å². The number of nitrogens with one attached hydrogen (secondary N) is 1. The summed E-state index contributed by atoms with van der Waals surface area (Å²) in [7, 11) is 0. The van der Waals surface area contributed by atoms with Crippen LogP contribution in [-0.2, 0) is 11.3 Å². The Morgan fingerprint density at radius 2 is 1.90 bits per heavy atom. The number of benzene rings is 2. The molecule has 0 spiro atoms. The highest BCUT2D eigenvalue weighted by Crippen LogP contribution is 2.31. The number of halogens is 2. The molecular formula is C22H24Cl2N4O2S. The molecule has 0 saturated heterocycles. The van der Waals surface area contributed by atoms with Crippen molar-refractivity contribution in [1.29, 1.82) is 0 Å². The average molecular weight is 479 g/mol. The lowest BCUT2D eigenvalue weighted by Gasteiger charge is -2.17. The van der Waals surface area contributed by atoms with Crippen LogP contribution in [0.4, 0.5) is 0 Å². The Hall–Kier alpha value is -2.22. The van der Waals surface area contributed by atoms with Gasteiger partial charge in [-0.25, -0.2) is 0 Å². The highest BCUT2D eigenvalue weighted by molar-refractivity contribution is 7.99. The average Bonchev–Trinajstić information content (AvgIpc) is 3.18. The number of aromatic nitrogens is 3. The van der Waals surface area contributed by atoms with Crippen LogP contribution in [0.5, 0.6) is 5.75 Å². The summed E-state index contributed by atoms with van der Waals surface area (Å²) in [4.78, 5) is 12.4. The Bertz CT molecular complexity index is 1030. The van der Waals surface area contributed by atoms with E-state index in [0.29, 0.717) is 33.3 Å². The maximum atomic E-state index is 12.4. The van der Waals surface area contributed by atoms with E-state index in [0.717, 1.165) is 5.56 Å².